The van der Waals surface area contributed by atoms with Crippen LogP contribution < -0.4 is 0 Å². The van der Waals surface area contributed by atoms with Crippen LogP contribution in [0.2, 0.25) is 0 Å². The third kappa shape index (κ3) is 1.96. The maximum absolute atomic E-state index is 12.2. The Kier molecular flexibility index (Phi) is 2.80. The number of cyclic esters (lactones) is 1. The fourth-order valence-electron chi connectivity index (χ4n) is 2.79. The van der Waals surface area contributed by atoms with Crippen LogP contribution in [0, 0.1) is 0 Å². The van der Waals surface area contributed by atoms with Crippen LogP contribution in [0.3, 0.4) is 0 Å². The van der Waals surface area contributed by atoms with Crippen molar-refractivity contribution in [3.8, 4) is 11.6 Å². The normalized spacial score (nSPS) is 17.0. The van der Waals surface area contributed by atoms with Gasteiger partial charge in [0.1, 0.15) is 0 Å². The average molecular weight is 338 g/mol. The predicted octanol–water partition coefficient (Wildman–Crippen LogP) is 2.90. The highest BCUT2D eigenvalue weighted by atomic mass is 32.1. The molecule has 5 rings (SSSR count). The first-order valence-electron chi connectivity index (χ1n) is 7.34. The van der Waals surface area contributed by atoms with E-state index < -0.39 is 6.10 Å². The molecule has 3 aromatic heterocycles. The average Bonchev–Trinajstić information content (AvgIpc) is 3.31. The molecule has 118 valence electrons. The Morgan fingerprint density at radius 2 is 2.08 bits per heavy atom. The minimum absolute atomic E-state index is 0.320. The van der Waals surface area contributed by atoms with E-state index in [0.29, 0.717) is 33.5 Å². The molecule has 1 aliphatic heterocycles. The van der Waals surface area contributed by atoms with Crippen molar-refractivity contribution in [2.24, 2.45) is 0 Å². The second-order valence-corrected chi connectivity index (χ2v) is 6.38. The zero-order valence-electron chi connectivity index (χ0n) is 12.2. The van der Waals surface area contributed by atoms with Gasteiger partial charge in [0.05, 0.1) is 11.8 Å². The van der Waals surface area contributed by atoms with Gasteiger partial charge in [0, 0.05) is 6.42 Å². The van der Waals surface area contributed by atoms with Gasteiger partial charge in [0.2, 0.25) is 10.8 Å². The molecule has 0 amide bonds. The van der Waals surface area contributed by atoms with E-state index in [1.54, 1.807) is 29.0 Å². The van der Waals surface area contributed by atoms with Crippen molar-refractivity contribution >= 4 is 22.3 Å². The van der Waals surface area contributed by atoms with Gasteiger partial charge in [-0.05, 0) is 23.8 Å². The van der Waals surface area contributed by atoms with E-state index in [4.69, 9.17) is 9.15 Å². The van der Waals surface area contributed by atoms with Crippen molar-refractivity contribution < 1.29 is 13.9 Å². The fourth-order valence-corrected chi connectivity index (χ4v) is 3.66. The molecular weight excluding hydrogens is 328 g/mol. The largest absolute Gasteiger partial charge is 0.461 e. The van der Waals surface area contributed by atoms with E-state index >= 15 is 0 Å². The smallest absolute Gasteiger partial charge is 0.339 e. The molecule has 8 heteroatoms. The number of carbonyl (C=O) groups excluding carboxylic acids is 1. The van der Waals surface area contributed by atoms with Gasteiger partial charge in [0.15, 0.2) is 16.9 Å². The number of hydrogen-bond acceptors (Lipinski definition) is 7. The molecule has 4 aromatic rings. The second kappa shape index (κ2) is 5.00. The summed E-state index contributed by atoms with van der Waals surface area (Å²) in [6.45, 7) is 0. The van der Waals surface area contributed by atoms with Gasteiger partial charge in [-0.15, -0.1) is 10.2 Å². The Bertz CT molecular complexity index is 1050. The maximum Gasteiger partial charge on any atom is 0.339 e. The summed E-state index contributed by atoms with van der Waals surface area (Å²) in [6.07, 6.45) is 1.76. The molecule has 7 nitrogen and oxygen atoms in total. The molecule has 0 fully saturated rings. The number of rotatable bonds is 2. The minimum atomic E-state index is -0.413. The Morgan fingerprint density at radius 3 is 2.96 bits per heavy atom. The van der Waals surface area contributed by atoms with Gasteiger partial charge in [-0.3, -0.25) is 0 Å². The number of fused-ring (bicyclic) bond motifs is 2. The number of nitrogens with zero attached hydrogens (tertiary/aromatic N) is 4. The molecule has 0 aliphatic carbocycles. The first-order valence-corrected chi connectivity index (χ1v) is 8.16. The summed E-state index contributed by atoms with van der Waals surface area (Å²) in [5, 5.41) is 13.4. The van der Waals surface area contributed by atoms with Crippen LogP contribution in [-0.2, 0) is 11.2 Å². The van der Waals surface area contributed by atoms with E-state index in [0.717, 1.165) is 5.56 Å². The van der Waals surface area contributed by atoms with Crippen molar-refractivity contribution in [2.75, 3.05) is 0 Å². The molecule has 0 radical (unpaired) electrons. The Morgan fingerprint density at radius 1 is 1.17 bits per heavy atom. The fraction of sp³-hybridized carbons (Fsp3) is 0.125. The van der Waals surface area contributed by atoms with Crippen molar-refractivity contribution in [2.45, 2.75) is 12.5 Å². The number of ether oxygens (including phenoxy) is 1. The van der Waals surface area contributed by atoms with Gasteiger partial charge in [-0.2, -0.15) is 9.61 Å². The molecule has 1 aromatic carbocycles. The quantitative estimate of drug-likeness (QED) is 0.523. The van der Waals surface area contributed by atoms with E-state index in [9.17, 15) is 4.79 Å². The summed E-state index contributed by atoms with van der Waals surface area (Å²) in [5.74, 6) is 0.796. The molecule has 0 saturated carbocycles. The van der Waals surface area contributed by atoms with Crippen LogP contribution in [0.25, 0.3) is 16.5 Å². The summed E-state index contributed by atoms with van der Waals surface area (Å²) >= 11 is 1.36. The van der Waals surface area contributed by atoms with Crippen molar-refractivity contribution in [1.29, 1.82) is 0 Å². The van der Waals surface area contributed by atoms with Gasteiger partial charge in [-0.1, -0.05) is 29.5 Å². The molecular formula is C16H10N4O3S. The highest BCUT2D eigenvalue weighted by molar-refractivity contribution is 7.16. The number of furan rings is 1. The Labute approximate surface area is 139 Å². The lowest BCUT2D eigenvalue weighted by atomic mass is 9.99. The first kappa shape index (κ1) is 13.4. The SMILES string of the molecule is O=C1O[C@@H](c2nn3c(-c4ccco4)nnc3s2)Cc2ccccc21. The third-order valence-electron chi connectivity index (χ3n) is 3.92. The Hall–Kier alpha value is -3.00. The van der Waals surface area contributed by atoms with Crippen LogP contribution in [0.1, 0.15) is 27.0 Å². The molecule has 0 N–H and O–H groups in total. The van der Waals surface area contributed by atoms with Crippen molar-refractivity contribution in [3.63, 3.8) is 0 Å². The second-order valence-electron chi connectivity index (χ2n) is 5.39. The summed E-state index contributed by atoms with van der Waals surface area (Å²) < 4.78 is 12.5. The van der Waals surface area contributed by atoms with E-state index in [2.05, 4.69) is 15.3 Å². The molecule has 24 heavy (non-hydrogen) atoms. The lowest BCUT2D eigenvalue weighted by Gasteiger charge is -2.22. The zero-order valence-corrected chi connectivity index (χ0v) is 13.1. The van der Waals surface area contributed by atoms with E-state index in [1.807, 2.05) is 18.2 Å². The van der Waals surface area contributed by atoms with Crippen LogP contribution in [0.5, 0.6) is 0 Å². The number of benzene rings is 1. The van der Waals surface area contributed by atoms with Crippen molar-refractivity contribution in [3.05, 3.63) is 58.8 Å². The number of esters is 1. The standard InChI is InChI=1S/C16H10N4O3S/c21-15-10-5-2-1-4-9(10)8-12(23-15)14-19-20-13(11-6-3-7-22-11)17-18-16(20)24-14/h1-7,12H,8H2/t12-/m1/s1. The monoisotopic (exact) mass is 338 g/mol. The number of carbonyl (C=O) groups is 1. The molecule has 1 atom stereocenters. The number of hydrogen-bond donors (Lipinski definition) is 0. The summed E-state index contributed by atoms with van der Waals surface area (Å²) in [7, 11) is 0. The molecule has 0 unspecified atom stereocenters. The summed E-state index contributed by atoms with van der Waals surface area (Å²) in [4.78, 5) is 12.8. The lowest BCUT2D eigenvalue weighted by Crippen LogP contribution is -2.21. The number of aromatic nitrogens is 4. The van der Waals surface area contributed by atoms with E-state index in [1.165, 1.54) is 11.3 Å². The third-order valence-corrected chi connectivity index (χ3v) is 4.91. The van der Waals surface area contributed by atoms with Crippen LogP contribution in [0.4, 0.5) is 0 Å². The molecule has 4 heterocycles. The molecule has 0 spiro atoms. The van der Waals surface area contributed by atoms with Gasteiger partial charge < -0.3 is 9.15 Å². The summed E-state index contributed by atoms with van der Waals surface area (Å²) in [6, 6.07) is 11.1. The van der Waals surface area contributed by atoms with E-state index in [-0.39, 0.29) is 5.97 Å². The van der Waals surface area contributed by atoms with Gasteiger partial charge >= 0.3 is 5.97 Å². The van der Waals surface area contributed by atoms with Crippen LogP contribution >= 0.6 is 11.3 Å². The van der Waals surface area contributed by atoms with Crippen LogP contribution in [0.15, 0.2) is 47.1 Å². The summed E-state index contributed by atoms with van der Waals surface area (Å²) in [5.41, 5.74) is 1.59. The first-order chi connectivity index (χ1) is 11.8. The van der Waals surface area contributed by atoms with Gasteiger partial charge in [0.25, 0.3) is 0 Å². The minimum Gasteiger partial charge on any atom is -0.461 e. The predicted molar refractivity (Wildman–Crippen MR) is 84.7 cm³/mol. The molecule has 1 aliphatic rings. The van der Waals surface area contributed by atoms with Crippen LogP contribution in [-0.4, -0.2) is 25.8 Å². The maximum atomic E-state index is 12.2. The highest BCUT2D eigenvalue weighted by Gasteiger charge is 2.30. The topological polar surface area (TPSA) is 82.5 Å². The van der Waals surface area contributed by atoms with Gasteiger partial charge in [-0.25, -0.2) is 4.79 Å². The zero-order chi connectivity index (χ0) is 16.1. The molecule has 0 saturated heterocycles. The Balaban J connectivity index is 1.55. The lowest BCUT2D eigenvalue weighted by molar-refractivity contribution is 0.0250. The van der Waals surface area contributed by atoms with Crippen molar-refractivity contribution in [1.82, 2.24) is 19.8 Å². The highest BCUT2D eigenvalue weighted by Crippen LogP contribution is 2.33. The molecule has 0 bridgehead atoms.